The van der Waals surface area contributed by atoms with Crippen molar-refractivity contribution in [1.82, 2.24) is 10.6 Å². The van der Waals surface area contributed by atoms with Crippen LogP contribution >= 0.6 is 0 Å². The van der Waals surface area contributed by atoms with Gasteiger partial charge in [-0.05, 0) is 57.9 Å². The van der Waals surface area contributed by atoms with Crippen LogP contribution < -0.4 is 15.4 Å². The monoisotopic (exact) mass is 276 g/mol. The molecule has 1 aromatic rings. The molecule has 1 fully saturated rings. The molecule has 2 rings (SSSR count). The molecule has 1 aliphatic heterocycles. The third-order valence-electron chi connectivity index (χ3n) is 3.41. The van der Waals surface area contributed by atoms with Crippen LogP contribution in [0, 0.1) is 0 Å². The van der Waals surface area contributed by atoms with Crippen molar-refractivity contribution >= 4 is 5.91 Å². The standard InChI is InChI=1S/C16H24N2O2/c1-12(2)20-15-7-3-5-13(11-15)16(19)18-10-8-14-6-4-9-17-14/h3,5,7,11-12,14,17H,4,6,8-10H2,1-2H3,(H,18,19)/t14-/m0/s1. The van der Waals surface area contributed by atoms with Gasteiger partial charge in [0, 0.05) is 18.2 Å². The Labute approximate surface area is 120 Å². The highest BCUT2D eigenvalue weighted by molar-refractivity contribution is 5.94. The van der Waals surface area contributed by atoms with Crippen molar-refractivity contribution in [2.24, 2.45) is 0 Å². The van der Waals surface area contributed by atoms with E-state index in [0.29, 0.717) is 18.2 Å². The number of hydrogen-bond acceptors (Lipinski definition) is 3. The molecule has 0 saturated carbocycles. The third kappa shape index (κ3) is 4.53. The minimum atomic E-state index is -0.0304. The van der Waals surface area contributed by atoms with Crippen molar-refractivity contribution in [3.63, 3.8) is 0 Å². The number of hydrogen-bond donors (Lipinski definition) is 2. The zero-order chi connectivity index (χ0) is 14.4. The summed E-state index contributed by atoms with van der Waals surface area (Å²) >= 11 is 0. The fourth-order valence-electron chi connectivity index (χ4n) is 2.45. The molecule has 0 aromatic heterocycles. The van der Waals surface area contributed by atoms with Gasteiger partial charge in [0.1, 0.15) is 5.75 Å². The minimum Gasteiger partial charge on any atom is -0.491 e. The Kier molecular flexibility index (Phi) is 5.41. The van der Waals surface area contributed by atoms with E-state index in [0.717, 1.165) is 18.7 Å². The molecule has 1 heterocycles. The average Bonchev–Trinajstić information content (AvgIpc) is 2.91. The van der Waals surface area contributed by atoms with Crippen molar-refractivity contribution in [3.8, 4) is 5.75 Å². The zero-order valence-corrected chi connectivity index (χ0v) is 12.3. The lowest BCUT2D eigenvalue weighted by molar-refractivity contribution is 0.0951. The van der Waals surface area contributed by atoms with Crippen molar-refractivity contribution in [2.45, 2.75) is 45.3 Å². The van der Waals surface area contributed by atoms with Crippen LogP contribution in [0.1, 0.15) is 43.5 Å². The van der Waals surface area contributed by atoms with Crippen molar-refractivity contribution in [3.05, 3.63) is 29.8 Å². The van der Waals surface area contributed by atoms with Crippen molar-refractivity contribution in [1.29, 1.82) is 0 Å². The number of carbonyl (C=O) groups excluding carboxylic acids is 1. The first-order valence-electron chi connectivity index (χ1n) is 7.43. The summed E-state index contributed by atoms with van der Waals surface area (Å²) in [5.41, 5.74) is 0.655. The molecular weight excluding hydrogens is 252 g/mol. The Hall–Kier alpha value is -1.55. The molecule has 1 saturated heterocycles. The first-order chi connectivity index (χ1) is 9.65. The Bertz CT molecular complexity index is 440. The van der Waals surface area contributed by atoms with Gasteiger partial charge >= 0.3 is 0 Å². The van der Waals surface area contributed by atoms with Gasteiger partial charge in [-0.2, -0.15) is 0 Å². The van der Waals surface area contributed by atoms with Gasteiger partial charge in [-0.1, -0.05) is 6.07 Å². The summed E-state index contributed by atoms with van der Waals surface area (Å²) in [4.78, 5) is 12.1. The largest absolute Gasteiger partial charge is 0.491 e. The van der Waals surface area contributed by atoms with Crippen molar-refractivity contribution in [2.75, 3.05) is 13.1 Å². The van der Waals surface area contributed by atoms with Crippen LogP contribution in [0.4, 0.5) is 0 Å². The van der Waals surface area contributed by atoms with E-state index in [1.165, 1.54) is 12.8 Å². The van der Waals surface area contributed by atoms with Crippen LogP contribution in [0.15, 0.2) is 24.3 Å². The topological polar surface area (TPSA) is 50.4 Å². The maximum Gasteiger partial charge on any atom is 0.251 e. The summed E-state index contributed by atoms with van der Waals surface area (Å²) in [6.07, 6.45) is 3.57. The molecule has 1 aliphatic rings. The first-order valence-corrected chi connectivity index (χ1v) is 7.43. The second kappa shape index (κ2) is 7.29. The maximum absolute atomic E-state index is 12.1. The lowest BCUT2D eigenvalue weighted by Crippen LogP contribution is -2.30. The fraction of sp³-hybridized carbons (Fsp3) is 0.562. The molecule has 0 unspecified atom stereocenters. The number of amides is 1. The second-order valence-corrected chi connectivity index (χ2v) is 5.53. The molecule has 1 atom stereocenters. The molecule has 4 heteroatoms. The molecule has 0 aliphatic carbocycles. The predicted molar refractivity (Wildman–Crippen MR) is 80.2 cm³/mol. The highest BCUT2D eigenvalue weighted by Gasteiger charge is 2.14. The van der Waals surface area contributed by atoms with E-state index in [4.69, 9.17) is 4.74 Å². The molecule has 2 N–H and O–H groups in total. The summed E-state index contributed by atoms with van der Waals surface area (Å²) in [6, 6.07) is 7.90. The number of benzene rings is 1. The number of ether oxygens (including phenoxy) is 1. The summed E-state index contributed by atoms with van der Waals surface area (Å²) in [6.45, 7) is 5.77. The summed E-state index contributed by atoms with van der Waals surface area (Å²) in [7, 11) is 0. The van der Waals surface area contributed by atoms with Gasteiger partial charge in [0.15, 0.2) is 0 Å². The van der Waals surface area contributed by atoms with E-state index in [1.807, 2.05) is 32.0 Å². The van der Waals surface area contributed by atoms with Gasteiger partial charge in [-0.3, -0.25) is 4.79 Å². The Morgan fingerprint density at radius 2 is 2.35 bits per heavy atom. The molecular formula is C16H24N2O2. The van der Waals surface area contributed by atoms with Crippen LogP contribution in [-0.4, -0.2) is 31.1 Å². The Balaban J connectivity index is 1.81. The second-order valence-electron chi connectivity index (χ2n) is 5.53. The predicted octanol–water partition coefficient (Wildman–Crippen LogP) is 2.35. The summed E-state index contributed by atoms with van der Waals surface area (Å²) < 4.78 is 5.60. The number of rotatable bonds is 6. The van der Waals surface area contributed by atoms with Gasteiger partial charge in [0.05, 0.1) is 6.10 Å². The van der Waals surface area contributed by atoms with Crippen LogP contribution in [0.3, 0.4) is 0 Å². The highest BCUT2D eigenvalue weighted by atomic mass is 16.5. The average molecular weight is 276 g/mol. The Morgan fingerprint density at radius 3 is 3.05 bits per heavy atom. The van der Waals surface area contributed by atoms with Gasteiger partial charge in [0.2, 0.25) is 0 Å². The first kappa shape index (κ1) is 14.9. The van der Waals surface area contributed by atoms with E-state index in [9.17, 15) is 4.79 Å². The Morgan fingerprint density at radius 1 is 1.50 bits per heavy atom. The number of carbonyl (C=O) groups is 1. The SMILES string of the molecule is CC(C)Oc1cccc(C(=O)NCC[C@@H]2CCCN2)c1. The lowest BCUT2D eigenvalue weighted by atomic mass is 10.1. The molecule has 110 valence electrons. The van der Waals surface area contributed by atoms with Crippen LogP contribution in [0.25, 0.3) is 0 Å². The highest BCUT2D eigenvalue weighted by Crippen LogP contribution is 2.15. The van der Waals surface area contributed by atoms with E-state index in [-0.39, 0.29) is 12.0 Å². The van der Waals surface area contributed by atoms with Crippen LogP contribution in [0.2, 0.25) is 0 Å². The summed E-state index contributed by atoms with van der Waals surface area (Å²) in [5, 5.41) is 6.40. The zero-order valence-electron chi connectivity index (χ0n) is 12.3. The van der Waals surface area contributed by atoms with E-state index in [1.54, 1.807) is 6.07 Å². The smallest absolute Gasteiger partial charge is 0.251 e. The van der Waals surface area contributed by atoms with E-state index in [2.05, 4.69) is 10.6 Å². The molecule has 1 aromatic carbocycles. The van der Waals surface area contributed by atoms with E-state index >= 15 is 0 Å². The van der Waals surface area contributed by atoms with Gasteiger partial charge in [-0.15, -0.1) is 0 Å². The molecule has 4 nitrogen and oxygen atoms in total. The summed E-state index contributed by atoms with van der Waals surface area (Å²) in [5.74, 6) is 0.710. The molecule has 0 spiro atoms. The van der Waals surface area contributed by atoms with Gasteiger partial charge in [0.25, 0.3) is 5.91 Å². The molecule has 0 bridgehead atoms. The van der Waals surface area contributed by atoms with Gasteiger partial charge < -0.3 is 15.4 Å². The third-order valence-corrected chi connectivity index (χ3v) is 3.41. The van der Waals surface area contributed by atoms with Crippen molar-refractivity contribution < 1.29 is 9.53 Å². The molecule has 20 heavy (non-hydrogen) atoms. The molecule has 1 amide bonds. The van der Waals surface area contributed by atoms with Gasteiger partial charge in [-0.25, -0.2) is 0 Å². The number of nitrogens with one attached hydrogen (secondary N) is 2. The quantitative estimate of drug-likeness (QED) is 0.838. The van der Waals surface area contributed by atoms with E-state index < -0.39 is 0 Å². The maximum atomic E-state index is 12.1. The van der Waals surface area contributed by atoms with Crippen LogP contribution in [-0.2, 0) is 0 Å². The minimum absolute atomic E-state index is 0.0304. The van der Waals surface area contributed by atoms with Crippen LogP contribution in [0.5, 0.6) is 5.75 Å². The fourth-order valence-corrected chi connectivity index (χ4v) is 2.45. The molecule has 0 radical (unpaired) electrons. The lowest BCUT2D eigenvalue weighted by Gasteiger charge is -2.12. The normalized spacial score (nSPS) is 18.2.